The van der Waals surface area contributed by atoms with Crippen LogP contribution in [0.4, 0.5) is 10.1 Å². The third-order valence-corrected chi connectivity index (χ3v) is 3.91. The lowest BCUT2D eigenvalue weighted by Crippen LogP contribution is -2.29. The summed E-state index contributed by atoms with van der Waals surface area (Å²) >= 11 is 1.65. The van der Waals surface area contributed by atoms with Crippen molar-refractivity contribution < 1.29 is 14.3 Å². The number of rotatable bonds is 5. The van der Waals surface area contributed by atoms with Crippen LogP contribution in [0.15, 0.2) is 35.7 Å². The molecule has 5 heteroatoms. The largest absolute Gasteiger partial charge is 0.478 e. The molecule has 0 aliphatic carbocycles. The summed E-state index contributed by atoms with van der Waals surface area (Å²) in [6, 6.07) is 8.45. The van der Waals surface area contributed by atoms with Crippen molar-refractivity contribution in [3.63, 3.8) is 0 Å². The van der Waals surface area contributed by atoms with Gasteiger partial charge in [0.15, 0.2) is 0 Å². The van der Waals surface area contributed by atoms with Crippen molar-refractivity contribution in [2.75, 3.05) is 4.90 Å². The maximum absolute atomic E-state index is 13.8. The van der Waals surface area contributed by atoms with Gasteiger partial charge in [-0.3, -0.25) is 0 Å². The SMILES string of the molecule is CC(C)N(Cc1cccs1)c1ccc(C(=O)O)c(F)c1. The van der Waals surface area contributed by atoms with Crippen molar-refractivity contribution in [3.05, 3.63) is 52.0 Å². The first kappa shape index (κ1) is 14.5. The van der Waals surface area contributed by atoms with Crippen LogP contribution < -0.4 is 4.90 Å². The van der Waals surface area contributed by atoms with Crippen LogP contribution in [0.25, 0.3) is 0 Å². The zero-order chi connectivity index (χ0) is 14.7. The van der Waals surface area contributed by atoms with E-state index in [1.807, 2.05) is 36.3 Å². The summed E-state index contributed by atoms with van der Waals surface area (Å²) in [5.41, 5.74) is 0.393. The molecule has 106 valence electrons. The van der Waals surface area contributed by atoms with E-state index >= 15 is 0 Å². The first-order valence-corrected chi connectivity index (χ1v) is 7.19. The van der Waals surface area contributed by atoms with Gasteiger partial charge in [-0.15, -0.1) is 11.3 Å². The van der Waals surface area contributed by atoms with Crippen molar-refractivity contribution >= 4 is 23.0 Å². The number of halogens is 1. The third-order valence-electron chi connectivity index (χ3n) is 3.04. The molecular formula is C15H16FNO2S. The molecular weight excluding hydrogens is 277 g/mol. The molecule has 0 bridgehead atoms. The van der Waals surface area contributed by atoms with E-state index in [1.165, 1.54) is 17.0 Å². The number of hydrogen-bond acceptors (Lipinski definition) is 3. The Morgan fingerprint density at radius 1 is 1.40 bits per heavy atom. The first-order chi connectivity index (χ1) is 9.49. The molecule has 0 radical (unpaired) electrons. The van der Waals surface area contributed by atoms with E-state index in [4.69, 9.17) is 5.11 Å². The fraction of sp³-hybridized carbons (Fsp3) is 0.267. The van der Waals surface area contributed by atoms with Gasteiger partial charge >= 0.3 is 5.97 Å². The highest BCUT2D eigenvalue weighted by Gasteiger charge is 2.16. The summed E-state index contributed by atoms with van der Waals surface area (Å²) in [4.78, 5) is 14.1. The highest BCUT2D eigenvalue weighted by molar-refractivity contribution is 7.09. The van der Waals surface area contributed by atoms with Gasteiger partial charge in [-0.2, -0.15) is 0 Å². The van der Waals surface area contributed by atoms with Crippen LogP contribution in [0.1, 0.15) is 29.1 Å². The summed E-state index contributed by atoms with van der Waals surface area (Å²) in [6.07, 6.45) is 0. The Kier molecular flexibility index (Phi) is 4.39. The standard InChI is InChI=1S/C15H16FNO2S/c1-10(2)17(9-12-4-3-7-20-12)11-5-6-13(15(18)19)14(16)8-11/h3-8,10H,9H2,1-2H3,(H,18,19). The predicted molar refractivity (Wildman–Crippen MR) is 79.0 cm³/mol. The van der Waals surface area contributed by atoms with E-state index in [0.717, 1.165) is 0 Å². The van der Waals surface area contributed by atoms with Crippen LogP contribution in [0, 0.1) is 5.82 Å². The Morgan fingerprint density at radius 2 is 2.15 bits per heavy atom. The van der Waals surface area contributed by atoms with Crippen LogP contribution >= 0.6 is 11.3 Å². The van der Waals surface area contributed by atoms with E-state index in [2.05, 4.69) is 0 Å². The number of benzene rings is 1. The first-order valence-electron chi connectivity index (χ1n) is 6.31. The molecule has 1 heterocycles. The van der Waals surface area contributed by atoms with E-state index < -0.39 is 11.8 Å². The fourth-order valence-electron chi connectivity index (χ4n) is 2.00. The molecule has 2 aromatic rings. The van der Waals surface area contributed by atoms with E-state index in [-0.39, 0.29) is 11.6 Å². The van der Waals surface area contributed by atoms with Gasteiger partial charge in [0.2, 0.25) is 0 Å². The average Bonchev–Trinajstić information content (AvgIpc) is 2.87. The molecule has 3 nitrogen and oxygen atoms in total. The summed E-state index contributed by atoms with van der Waals surface area (Å²) < 4.78 is 13.8. The summed E-state index contributed by atoms with van der Waals surface area (Å²) in [5.74, 6) is -1.95. The van der Waals surface area contributed by atoms with Crippen molar-refractivity contribution in [2.45, 2.75) is 26.4 Å². The Hall–Kier alpha value is -1.88. The fourth-order valence-corrected chi connectivity index (χ4v) is 2.70. The number of carboxylic acids is 1. The lowest BCUT2D eigenvalue weighted by molar-refractivity contribution is 0.0692. The van der Waals surface area contributed by atoms with Crippen LogP contribution in [0.3, 0.4) is 0 Å². The zero-order valence-corrected chi connectivity index (χ0v) is 12.2. The number of anilines is 1. The number of carbonyl (C=O) groups is 1. The summed E-state index contributed by atoms with van der Waals surface area (Å²) in [6.45, 7) is 4.73. The minimum absolute atomic E-state index is 0.187. The number of hydrogen-bond donors (Lipinski definition) is 1. The molecule has 0 atom stereocenters. The quantitative estimate of drug-likeness (QED) is 0.905. The number of aromatic carboxylic acids is 1. The van der Waals surface area contributed by atoms with Crippen LogP contribution in [0.2, 0.25) is 0 Å². The van der Waals surface area contributed by atoms with E-state index in [9.17, 15) is 9.18 Å². The minimum atomic E-state index is -1.25. The molecule has 0 saturated carbocycles. The number of thiophene rings is 1. The van der Waals surface area contributed by atoms with Gasteiger partial charge in [0.05, 0.1) is 12.1 Å². The molecule has 0 aliphatic rings. The zero-order valence-electron chi connectivity index (χ0n) is 11.3. The Bertz CT molecular complexity index is 596. The molecule has 1 aromatic heterocycles. The lowest BCUT2D eigenvalue weighted by Gasteiger charge is -2.28. The third kappa shape index (κ3) is 3.17. The van der Waals surface area contributed by atoms with Crippen LogP contribution in [-0.2, 0) is 6.54 Å². The number of nitrogens with zero attached hydrogens (tertiary/aromatic N) is 1. The van der Waals surface area contributed by atoms with Gasteiger partial charge in [0.25, 0.3) is 0 Å². The van der Waals surface area contributed by atoms with Gasteiger partial charge in [-0.25, -0.2) is 9.18 Å². The van der Waals surface area contributed by atoms with Gasteiger partial charge in [-0.05, 0) is 43.5 Å². The Balaban J connectivity index is 2.30. The van der Waals surface area contributed by atoms with Crippen molar-refractivity contribution in [2.24, 2.45) is 0 Å². The highest BCUT2D eigenvalue weighted by Crippen LogP contribution is 2.24. The number of carboxylic acid groups (broad SMARTS) is 1. The molecule has 0 spiro atoms. The lowest BCUT2D eigenvalue weighted by atomic mass is 10.1. The highest BCUT2D eigenvalue weighted by atomic mass is 32.1. The van der Waals surface area contributed by atoms with Gasteiger partial charge in [0.1, 0.15) is 5.82 Å². The molecule has 0 unspecified atom stereocenters. The maximum atomic E-state index is 13.8. The van der Waals surface area contributed by atoms with Gasteiger partial charge in [0, 0.05) is 16.6 Å². The Morgan fingerprint density at radius 3 is 2.65 bits per heavy atom. The summed E-state index contributed by atoms with van der Waals surface area (Å²) in [5, 5.41) is 10.9. The van der Waals surface area contributed by atoms with Gasteiger partial charge in [-0.1, -0.05) is 6.07 Å². The molecule has 0 amide bonds. The predicted octanol–water partition coefficient (Wildman–Crippen LogP) is 4.00. The molecule has 2 rings (SSSR count). The van der Waals surface area contributed by atoms with E-state index in [1.54, 1.807) is 17.4 Å². The summed E-state index contributed by atoms with van der Waals surface area (Å²) in [7, 11) is 0. The Labute approximate surface area is 121 Å². The average molecular weight is 293 g/mol. The van der Waals surface area contributed by atoms with Gasteiger partial charge < -0.3 is 10.0 Å². The second-order valence-electron chi connectivity index (χ2n) is 4.77. The topological polar surface area (TPSA) is 40.5 Å². The van der Waals surface area contributed by atoms with Crippen LogP contribution in [-0.4, -0.2) is 17.1 Å². The van der Waals surface area contributed by atoms with E-state index in [0.29, 0.717) is 12.2 Å². The van der Waals surface area contributed by atoms with Crippen molar-refractivity contribution in [1.29, 1.82) is 0 Å². The minimum Gasteiger partial charge on any atom is -0.478 e. The maximum Gasteiger partial charge on any atom is 0.338 e. The van der Waals surface area contributed by atoms with Crippen LogP contribution in [0.5, 0.6) is 0 Å². The molecule has 0 fully saturated rings. The van der Waals surface area contributed by atoms with Crippen molar-refractivity contribution in [1.82, 2.24) is 0 Å². The smallest absolute Gasteiger partial charge is 0.338 e. The van der Waals surface area contributed by atoms with Crippen molar-refractivity contribution in [3.8, 4) is 0 Å². The second kappa shape index (κ2) is 6.05. The molecule has 20 heavy (non-hydrogen) atoms. The molecule has 1 aromatic carbocycles. The molecule has 1 N–H and O–H groups in total. The molecule has 0 saturated heterocycles. The monoisotopic (exact) mass is 293 g/mol. The second-order valence-corrected chi connectivity index (χ2v) is 5.80. The normalized spacial score (nSPS) is 10.8. The molecule has 0 aliphatic heterocycles.